The minimum Gasteiger partial charge on any atom is -0.390 e. The van der Waals surface area contributed by atoms with Gasteiger partial charge in [-0.05, 0) is 120 Å². The Morgan fingerprint density at radius 3 is 1.97 bits per heavy atom. The number of hydrogen-bond acceptors (Lipinski definition) is 7. The number of aliphatic hydroxyl groups excluding tert-OH is 1. The summed E-state index contributed by atoms with van der Waals surface area (Å²) in [5.41, 5.74) is -3.73. The first-order chi connectivity index (χ1) is 17.3. The molecule has 0 aromatic heterocycles. The Morgan fingerprint density at radius 1 is 0.789 bits per heavy atom. The zero-order chi connectivity index (χ0) is 28.4. The first-order valence-electron chi connectivity index (χ1n) is 14.8. The fraction of sp³-hybridized carbons (Fsp3) is 1.00. The van der Waals surface area contributed by atoms with E-state index in [0.29, 0.717) is 17.7 Å². The Balaban J connectivity index is 1.37. The number of ether oxygens (including phenoxy) is 4. The summed E-state index contributed by atoms with van der Waals surface area (Å²) in [7, 11) is 0. The van der Waals surface area contributed by atoms with E-state index in [1.165, 1.54) is 0 Å². The number of aliphatic hydroxyl groups is 3. The molecule has 4 aliphatic rings. The minimum atomic E-state index is -1.20. The predicted octanol–water partition coefficient (Wildman–Crippen LogP) is 5.18. The van der Waals surface area contributed by atoms with Gasteiger partial charge >= 0.3 is 0 Å². The summed E-state index contributed by atoms with van der Waals surface area (Å²) in [6.45, 7) is 15.8. The van der Waals surface area contributed by atoms with E-state index in [9.17, 15) is 15.3 Å². The molecule has 3 N–H and O–H groups in total. The Hall–Kier alpha value is 0.200. The highest BCUT2D eigenvalue weighted by molar-refractivity contribution is 9.09. The highest BCUT2D eigenvalue weighted by Crippen LogP contribution is 2.51. The van der Waals surface area contributed by atoms with Crippen LogP contribution in [0.3, 0.4) is 0 Å². The molecular weight excluding hydrogens is 552 g/mol. The molecule has 10 atom stereocenters. The summed E-state index contributed by atoms with van der Waals surface area (Å²) in [6.07, 6.45) is 6.60. The topological polar surface area (TPSA) is 97.6 Å². The number of rotatable bonds is 7. The van der Waals surface area contributed by atoms with Crippen molar-refractivity contribution in [3.8, 4) is 0 Å². The Morgan fingerprint density at radius 2 is 1.34 bits per heavy atom. The maximum atomic E-state index is 11.2. The molecule has 0 bridgehead atoms. The van der Waals surface area contributed by atoms with Gasteiger partial charge in [0.15, 0.2) is 0 Å². The molecule has 0 radical (unpaired) electrons. The molecule has 0 unspecified atom stereocenters. The fourth-order valence-electron chi connectivity index (χ4n) is 7.21. The summed E-state index contributed by atoms with van der Waals surface area (Å²) >= 11 is 3.85. The first kappa shape index (κ1) is 31.1. The molecule has 222 valence electrons. The number of halogens is 1. The first-order valence-corrected chi connectivity index (χ1v) is 15.7. The van der Waals surface area contributed by atoms with Crippen LogP contribution in [-0.2, 0) is 18.9 Å². The van der Waals surface area contributed by atoms with Gasteiger partial charge in [0.25, 0.3) is 0 Å². The average molecular weight is 606 g/mol. The second kappa shape index (κ2) is 10.5. The second-order valence-electron chi connectivity index (χ2n) is 14.7. The van der Waals surface area contributed by atoms with Crippen LogP contribution in [0.15, 0.2) is 0 Å². The average Bonchev–Trinajstić information content (AvgIpc) is 3.45. The van der Waals surface area contributed by atoms with Crippen molar-refractivity contribution in [2.24, 2.45) is 0 Å². The number of alkyl halides is 1. The van der Waals surface area contributed by atoms with E-state index in [0.717, 1.165) is 51.4 Å². The van der Waals surface area contributed by atoms with Gasteiger partial charge in [-0.2, -0.15) is 0 Å². The van der Waals surface area contributed by atoms with Crippen molar-refractivity contribution in [1.82, 2.24) is 0 Å². The smallest absolute Gasteiger partial charge is 0.0924 e. The third kappa shape index (κ3) is 6.18. The maximum absolute atomic E-state index is 11.2. The Kier molecular flexibility index (Phi) is 8.59. The molecule has 4 aliphatic heterocycles. The normalized spacial score (nSPS) is 46.3. The summed E-state index contributed by atoms with van der Waals surface area (Å²) in [4.78, 5) is 0.294. The lowest BCUT2D eigenvalue weighted by Crippen LogP contribution is -2.59. The van der Waals surface area contributed by atoms with Gasteiger partial charge in [-0.25, -0.2) is 0 Å². The van der Waals surface area contributed by atoms with Crippen molar-refractivity contribution in [3.05, 3.63) is 0 Å². The standard InChI is InChI=1S/C30H53BrO7/c1-25(2,33)20(32)12-15-27(5,34)21-13-17-28(6,37-21)22-9-10-23(35-22)29(7)18-14-24-30(8,38-29)16-11-19(31)26(3,4)36-24/h19-24,32-34H,9-18H2,1-8H3/t19-,20-,21+,22+,23+,24+,27-,28-,29-,30-/m1/s1. The molecule has 0 spiro atoms. The zero-order valence-electron chi connectivity index (χ0n) is 24.9. The molecule has 8 heteroatoms. The van der Waals surface area contributed by atoms with Gasteiger partial charge in [-0.3, -0.25) is 0 Å². The molecule has 0 aromatic carbocycles. The number of hydrogen-bond donors (Lipinski definition) is 3. The molecular formula is C30H53BrO7. The molecule has 0 saturated carbocycles. The lowest BCUT2D eigenvalue weighted by Gasteiger charge is -2.51. The van der Waals surface area contributed by atoms with Crippen molar-refractivity contribution in [1.29, 1.82) is 0 Å². The van der Waals surface area contributed by atoms with E-state index in [1.54, 1.807) is 20.8 Å². The quantitative estimate of drug-likeness (QED) is 0.344. The third-order valence-corrected chi connectivity index (χ3v) is 11.8. The highest BCUT2D eigenvalue weighted by Gasteiger charge is 2.57. The highest BCUT2D eigenvalue weighted by atomic mass is 79.9. The van der Waals surface area contributed by atoms with Crippen LogP contribution in [0.4, 0.5) is 0 Å². The van der Waals surface area contributed by atoms with Gasteiger partial charge in [0, 0.05) is 4.83 Å². The molecule has 0 aliphatic carbocycles. The lowest BCUT2D eigenvalue weighted by atomic mass is 9.79. The van der Waals surface area contributed by atoms with Crippen molar-refractivity contribution >= 4 is 15.9 Å². The van der Waals surface area contributed by atoms with Crippen molar-refractivity contribution in [2.75, 3.05) is 0 Å². The fourth-order valence-corrected chi connectivity index (χ4v) is 7.55. The van der Waals surface area contributed by atoms with E-state index in [4.69, 9.17) is 18.9 Å². The van der Waals surface area contributed by atoms with Crippen molar-refractivity contribution in [3.63, 3.8) is 0 Å². The summed E-state index contributed by atoms with van der Waals surface area (Å²) in [6, 6.07) is 0. The molecule has 4 rings (SSSR count). The van der Waals surface area contributed by atoms with Crippen LogP contribution in [-0.4, -0.2) is 84.3 Å². The van der Waals surface area contributed by atoms with Gasteiger partial charge in [0.05, 0.1) is 64.1 Å². The van der Waals surface area contributed by atoms with Crippen LogP contribution in [0.25, 0.3) is 0 Å². The van der Waals surface area contributed by atoms with Crippen LogP contribution < -0.4 is 0 Å². The van der Waals surface area contributed by atoms with E-state index >= 15 is 0 Å². The number of fused-ring (bicyclic) bond motifs is 1. The SMILES string of the molecule is CC(C)(O)[C@H](O)CC[C@@](C)(O)[C@@H]1CC[C@](C)([C@@H]2CC[C@@H]([C@@]3(C)CC[C@@H]4OC(C)(C)[C@H](Br)CC[C@@]4(C)O3)O2)O1. The predicted molar refractivity (Wildman–Crippen MR) is 151 cm³/mol. The Bertz CT molecular complexity index is 843. The van der Waals surface area contributed by atoms with E-state index < -0.39 is 22.9 Å². The van der Waals surface area contributed by atoms with Gasteiger partial charge in [-0.15, -0.1) is 0 Å². The second-order valence-corrected chi connectivity index (χ2v) is 15.8. The van der Waals surface area contributed by atoms with Gasteiger partial charge in [-0.1, -0.05) is 15.9 Å². The Labute approximate surface area is 238 Å². The van der Waals surface area contributed by atoms with Crippen LogP contribution in [0, 0.1) is 0 Å². The lowest BCUT2D eigenvalue weighted by molar-refractivity contribution is -0.278. The van der Waals surface area contributed by atoms with E-state index in [1.807, 2.05) is 0 Å². The molecule has 7 nitrogen and oxygen atoms in total. The van der Waals surface area contributed by atoms with Crippen LogP contribution in [0.5, 0.6) is 0 Å². The molecule has 4 saturated heterocycles. The maximum Gasteiger partial charge on any atom is 0.0924 e. The van der Waals surface area contributed by atoms with E-state index in [2.05, 4.69) is 50.5 Å². The zero-order valence-corrected chi connectivity index (χ0v) is 26.5. The molecule has 0 amide bonds. The molecule has 4 heterocycles. The molecule has 38 heavy (non-hydrogen) atoms. The van der Waals surface area contributed by atoms with Gasteiger partial charge < -0.3 is 34.3 Å². The molecule has 0 aromatic rings. The van der Waals surface area contributed by atoms with E-state index in [-0.39, 0.29) is 41.2 Å². The van der Waals surface area contributed by atoms with Crippen LogP contribution in [0.1, 0.15) is 120 Å². The van der Waals surface area contributed by atoms with Crippen LogP contribution >= 0.6 is 15.9 Å². The van der Waals surface area contributed by atoms with Crippen LogP contribution in [0.2, 0.25) is 0 Å². The third-order valence-electron chi connectivity index (χ3n) is 10.3. The van der Waals surface area contributed by atoms with Gasteiger partial charge in [0.1, 0.15) is 0 Å². The van der Waals surface area contributed by atoms with Crippen molar-refractivity contribution < 1.29 is 34.3 Å². The molecule has 4 fully saturated rings. The summed E-state index contributed by atoms with van der Waals surface area (Å²) < 4.78 is 26.9. The monoisotopic (exact) mass is 604 g/mol. The van der Waals surface area contributed by atoms with Gasteiger partial charge in [0.2, 0.25) is 0 Å². The summed E-state index contributed by atoms with van der Waals surface area (Å²) in [5.74, 6) is 0. The largest absolute Gasteiger partial charge is 0.390 e. The van der Waals surface area contributed by atoms with Crippen molar-refractivity contribution in [2.45, 2.75) is 189 Å². The minimum absolute atomic E-state index is 0.0109. The summed E-state index contributed by atoms with van der Waals surface area (Å²) in [5, 5.41) is 31.5.